The molecule has 1 aliphatic heterocycles. The summed E-state index contributed by atoms with van der Waals surface area (Å²) in [7, 11) is 0. The van der Waals surface area contributed by atoms with E-state index in [0.29, 0.717) is 24.0 Å². The van der Waals surface area contributed by atoms with Crippen molar-refractivity contribution in [2.45, 2.75) is 17.6 Å². The number of aromatic nitrogens is 2. The van der Waals surface area contributed by atoms with Crippen molar-refractivity contribution >= 4 is 34.7 Å². The summed E-state index contributed by atoms with van der Waals surface area (Å²) in [6, 6.07) is 13.5. The summed E-state index contributed by atoms with van der Waals surface area (Å²) in [6.45, 7) is 3.15. The van der Waals surface area contributed by atoms with E-state index < -0.39 is 0 Å². The second kappa shape index (κ2) is 7.98. The summed E-state index contributed by atoms with van der Waals surface area (Å²) in [4.78, 5) is 13.4. The van der Waals surface area contributed by atoms with Gasteiger partial charge in [0.1, 0.15) is 18.2 Å². The van der Waals surface area contributed by atoms with Gasteiger partial charge in [0.25, 0.3) is 5.91 Å². The number of carbonyl (C=O) groups excluding carboxylic acids is 1. The van der Waals surface area contributed by atoms with Gasteiger partial charge in [-0.2, -0.15) is 0 Å². The number of aryl methyl sites for hydroxylation is 1. The zero-order chi connectivity index (χ0) is 18.6. The fraction of sp³-hybridized carbons (Fsp3) is 0.211. The highest BCUT2D eigenvalue weighted by molar-refractivity contribution is 7.98. The lowest BCUT2D eigenvalue weighted by Crippen LogP contribution is -2.15. The molecular formula is C19H17N3O3S2. The number of nitrogens with one attached hydrogen (secondary N) is 1. The van der Waals surface area contributed by atoms with Crippen molar-refractivity contribution in [1.29, 1.82) is 0 Å². The minimum absolute atomic E-state index is 0.244. The van der Waals surface area contributed by atoms with E-state index in [1.807, 2.05) is 49.4 Å². The Hall–Kier alpha value is -2.58. The summed E-state index contributed by atoms with van der Waals surface area (Å²) in [5, 5.41) is 12.1. The number of hydrogen-bond acceptors (Lipinski definition) is 7. The van der Waals surface area contributed by atoms with Gasteiger partial charge in [0.05, 0.1) is 5.75 Å². The minimum atomic E-state index is -0.244. The molecule has 0 spiro atoms. The largest absolute Gasteiger partial charge is 0.486 e. The number of anilines is 1. The third-order valence-corrected chi connectivity index (χ3v) is 5.96. The quantitative estimate of drug-likeness (QED) is 0.650. The van der Waals surface area contributed by atoms with Crippen molar-refractivity contribution < 1.29 is 14.3 Å². The lowest BCUT2D eigenvalue weighted by molar-refractivity contribution is 0.102. The van der Waals surface area contributed by atoms with E-state index in [0.717, 1.165) is 32.7 Å². The van der Waals surface area contributed by atoms with Gasteiger partial charge in [-0.25, -0.2) is 0 Å². The van der Waals surface area contributed by atoms with Crippen LogP contribution in [0.2, 0.25) is 0 Å². The molecule has 138 valence electrons. The highest BCUT2D eigenvalue weighted by atomic mass is 32.2. The number of hydrogen-bond donors (Lipinski definition) is 1. The number of benzene rings is 2. The van der Waals surface area contributed by atoms with Crippen LogP contribution in [0.4, 0.5) is 5.69 Å². The van der Waals surface area contributed by atoms with Crippen LogP contribution in [-0.2, 0) is 5.75 Å². The number of ether oxygens (including phenoxy) is 2. The van der Waals surface area contributed by atoms with E-state index in [9.17, 15) is 4.79 Å². The summed E-state index contributed by atoms with van der Waals surface area (Å²) < 4.78 is 11.1. The zero-order valence-corrected chi connectivity index (χ0v) is 16.2. The van der Waals surface area contributed by atoms with Gasteiger partial charge in [-0.15, -0.1) is 22.0 Å². The molecule has 2 heterocycles. The fourth-order valence-electron chi connectivity index (χ4n) is 2.48. The molecule has 2 aromatic carbocycles. The maximum atomic E-state index is 12.3. The molecule has 1 aliphatic rings. The van der Waals surface area contributed by atoms with Crippen LogP contribution >= 0.6 is 23.1 Å². The molecule has 0 unspecified atom stereocenters. The van der Waals surface area contributed by atoms with Crippen LogP contribution in [0.25, 0.3) is 0 Å². The van der Waals surface area contributed by atoms with Crippen molar-refractivity contribution in [3.05, 3.63) is 58.0 Å². The Morgan fingerprint density at radius 3 is 2.70 bits per heavy atom. The third-order valence-electron chi connectivity index (χ3n) is 3.85. The molecule has 6 nitrogen and oxygen atoms in total. The van der Waals surface area contributed by atoms with E-state index in [4.69, 9.17) is 9.47 Å². The zero-order valence-electron chi connectivity index (χ0n) is 14.6. The Morgan fingerprint density at radius 1 is 1.11 bits per heavy atom. The smallest absolute Gasteiger partial charge is 0.286 e. The van der Waals surface area contributed by atoms with Crippen LogP contribution in [0, 0.1) is 6.92 Å². The highest BCUT2D eigenvalue weighted by Crippen LogP contribution is 2.35. The lowest BCUT2D eigenvalue weighted by Gasteiger charge is -2.18. The Kier molecular flexibility index (Phi) is 5.26. The van der Waals surface area contributed by atoms with Gasteiger partial charge in [-0.05, 0) is 37.3 Å². The first-order chi connectivity index (χ1) is 13.2. The van der Waals surface area contributed by atoms with Crippen LogP contribution in [0.5, 0.6) is 11.5 Å². The predicted molar refractivity (Wildman–Crippen MR) is 106 cm³/mol. The molecule has 0 radical (unpaired) electrons. The summed E-state index contributed by atoms with van der Waals surface area (Å²) in [6.07, 6.45) is 0. The maximum absolute atomic E-state index is 12.3. The lowest BCUT2D eigenvalue weighted by atomic mass is 10.2. The first-order valence-corrected chi connectivity index (χ1v) is 10.2. The molecule has 3 aromatic rings. The molecule has 0 fully saturated rings. The predicted octanol–water partition coefficient (Wildman–Crippen LogP) is 4.16. The number of fused-ring (bicyclic) bond motifs is 1. The standard InChI is InChI=1S/C19H17N3O3S2/c1-12-2-4-13(5-3-12)20-18(23)19-22-21-17(27-19)11-26-14-6-7-15-16(10-14)25-9-8-24-15/h2-7,10H,8-9,11H2,1H3,(H,20,23). The molecule has 1 aromatic heterocycles. The molecule has 4 rings (SSSR count). The second-order valence-corrected chi connectivity index (χ2v) is 8.03. The molecular weight excluding hydrogens is 382 g/mol. The van der Waals surface area contributed by atoms with Crippen molar-refractivity contribution in [3.63, 3.8) is 0 Å². The van der Waals surface area contributed by atoms with Crippen LogP contribution in [-0.4, -0.2) is 29.3 Å². The molecule has 0 saturated heterocycles. The van der Waals surface area contributed by atoms with E-state index >= 15 is 0 Å². The highest BCUT2D eigenvalue weighted by Gasteiger charge is 2.15. The SMILES string of the molecule is Cc1ccc(NC(=O)c2nnc(CSc3ccc4c(c3)OCCO4)s2)cc1. The summed E-state index contributed by atoms with van der Waals surface area (Å²) in [5.74, 6) is 1.93. The average molecular weight is 399 g/mol. The Bertz CT molecular complexity index is 957. The molecule has 0 atom stereocenters. The number of amides is 1. The summed E-state index contributed by atoms with van der Waals surface area (Å²) in [5.41, 5.74) is 1.88. The number of carbonyl (C=O) groups is 1. The third kappa shape index (κ3) is 4.40. The molecule has 0 bridgehead atoms. The van der Waals surface area contributed by atoms with Gasteiger partial charge in [-0.3, -0.25) is 4.79 Å². The van der Waals surface area contributed by atoms with Crippen LogP contribution in [0.15, 0.2) is 47.4 Å². The molecule has 27 heavy (non-hydrogen) atoms. The van der Waals surface area contributed by atoms with Crippen molar-refractivity contribution in [2.24, 2.45) is 0 Å². The molecule has 1 N–H and O–H groups in total. The van der Waals surface area contributed by atoms with Gasteiger partial charge in [0, 0.05) is 10.6 Å². The second-order valence-electron chi connectivity index (χ2n) is 5.92. The fourth-order valence-corrected chi connectivity index (χ4v) is 4.13. The normalized spacial score (nSPS) is 12.6. The topological polar surface area (TPSA) is 73.3 Å². The van der Waals surface area contributed by atoms with Crippen molar-refractivity contribution in [3.8, 4) is 11.5 Å². The average Bonchev–Trinajstić information content (AvgIpc) is 3.17. The Labute approximate surface area is 164 Å². The van der Waals surface area contributed by atoms with Gasteiger partial charge < -0.3 is 14.8 Å². The van der Waals surface area contributed by atoms with Crippen molar-refractivity contribution in [1.82, 2.24) is 10.2 Å². The van der Waals surface area contributed by atoms with Gasteiger partial charge >= 0.3 is 0 Å². The Balaban J connectivity index is 1.36. The van der Waals surface area contributed by atoms with E-state index in [1.54, 1.807) is 11.8 Å². The van der Waals surface area contributed by atoms with Crippen LogP contribution < -0.4 is 14.8 Å². The summed E-state index contributed by atoms with van der Waals surface area (Å²) >= 11 is 2.92. The first kappa shape index (κ1) is 17.8. The van der Waals surface area contributed by atoms with E-state index in [-0.39, 0.29) is 5.91 Å². The minimum Gasteiger partial charge on any atom is -0.486 e. The molecule has 1 amide bonds. The number of thioether (sulfide) groups is 1. The van der Waals surface area contributed by atoms with Gasteiger partial charge in [-0.1, -0.05) is 29.0 Å². The van der Waals surface area contributed by atoms with Crippen molar-refractivity contribution in [2.75, 3.05) is 18.5 Å². The maximum Gasteiger partial charge on any atom is 0.286 e. The molecule has 0 saturated carbocycles. The van der Waals surface area contributed by atoms with Gasteiger partial charge in [0.2, 0.25) is 5.01 Å². The molecule has 0 aliphatic carbocycles. The number of rotatable bonds is 5. The van der Waals surface area contributed by atoms with Crippen LogP contribution in [0.3, 0.4) is 0 Å². The van der Waals surface area contributed by atoms with E-state index in [2.05, 4.69) is 15.5 Å². The molecule has 8 heteroatoms. The monoisotopic (exact) mass is 399 g/mol. The Morgan fingerprint density at radius 2 is 1.89 bits per heavy atom. The first-order valence-electron chi connectivity index (χ1n) is 8.40. The van der Waals surface area contributed by atoms with E-state index in [1.165, 1.54) is 11.3 Å². The number of nitrogens with zero attached hydrogens (tertiary/aromatic N) is 2. The van der Waals surface area contributed by atoms with Crippen LogP contribution in [0.1, 0.15) is 20.4 Å². The van der Waals surface area contributed by atoms with Gasteiger partial charge in [0.15, 0.2) is 11.5 Å².